The molecule has 0 aliphatic carbocycles. The normalized spacial score (nSPS) is 17.9. The molecule has 2 N–H and O–H groups in total. The number of rotatable bonds is 8. The molecule has 0 saturated carbocycles. The molecular formula is C20H28N2OS. The van der Waals surface area contributed by atoms with Gasteiger partial charge in [0.05, 0.1) is 6.10 Å². The van der Waals surface area contributed by atoms with Gasteiger partial charge in [-0.3, -0.25) is 0 Å². The average Bonchev–Trinajstić information content (AvgIpc) is 3.14. The number of hydrogen-bond donors (Lipinski definition) is 2. The van der Waals surface area contributed by atoms with Gasteiger partial charge in [-0.1, -0.05) is 36.4 Å². The Balaban J connectivity index is 1.31. The number of nitrogens with one attached hydrogen (secondary N) is 1. The zero-order valence-corrected chi connectivity index (χ0v) is 15.0. The van der Waals surface area contributed by atoms with Crippen LogP contribution in [0.15, 0.2) is 47.8 Å². The molecule has 0 bridgehead atoms. The van der Waals surface area contributed by atoms with Crippen molar-refractivity contribution < 1.29 is 5.11 Å². The Morgan fingerprint density at radius 2 is 1.92 bits per heavy atom. The first kappa shape index (κ1) is 17.6. The number of β-amino-alcohol motifs (C(OH)–C–C–N with tert-alkyl or cyclic N) is 1. The van der Waals surface area contributed by atoms with Crippen LogP contribution in [-0.2, 0) is 6.42 Å². The quantitative estimate of drug-likeness (QED) is 0.721. The number of aliphatic hydroxyl groups is 1. The molecule has 2 heterocycles. The van der Waals surface area contributed by atoms with Crippen molar-refractivity contribution in [1.29, 1.82) is 0 Å². The Bertz CT molecular complexity index is 565. The first-order valence-electron chi connectivity index (χ1n) is 9.00. The minimum Gasteiger partial charge on any atom is -0.387 e. The van der Waals surface area contributed by atoms with Gasteiger partial charge < -0.3 is 15.3 Å². The van der Waals surface area contributed by atoms with Crippen molar-refractivity contribution in [2.24, 2.45) is 5.92 Å². The fourth-order valence-electron chi connectivity index (χ4n) is 3.37. The monoisotopic (exact) mass is 344 g/mol. The summed E-state index contributed by atoms with van der Waals surface area (Å²) in [5.41, 5.74) is 1.02. The predicted molar refractivity (Wildman–Crippen MR) is 101 cm³/mol. The zero-order valence-electron chi connectivity index (χ0n) is 14.2. The van der Waals surface area contributed by atoms with Crippen LogP contribution in [0.1, 0.15) is 29.4 Å². The Labute approximate surface area is 149 Å². The lowest BCUT2D eigenvalue weighted by atomic mass is 9.96. The van der Waals surface area contributed by atoms with Gasteiger partial charge in [0.2, 0.25) is 0 Å². The Morgan fingerprint density at radius 1 is 1.12 bits per heavy atom. The zero-order chi connectivity index (χ0) is 16.6. The number of thiophene rings is 1. The van der Waals surface area contributed by atoms with E-state index < -0.39 is 0 Å². The molecular weight excluding hydrogens is 316 g/mol. The predicted octanol–water partition coefficient (Wildman–Crippen LogP) is 3.33. The Morgan fingerprint density at radius 3 is 2.62 bits per heavy atom. The minimum atomic E-state index is -0.369. The van der Waals surface area contributed by atoms with Crippen molar-refractivity contribution >= 4 is 11.3 Å². The second-order valence-corrected chi connectivity index (χ2v) is 7.74. The second-order valence-electron chi connectivity index (χ2n) is 6.70. The van der Waals surface area contributed by atoms with Crippen molar-refractivity contribution in [2.45, 2.75) is 25.4 Å². The number of hydrogen-bond acceptors (Lipinski definition) is 4. The smallest absolute Gasteiger partial charge is 0.0916 e. The van der Waals surface area contributed by atoms with Crippen LogP contribution in [0.3, 0.4) is 0 Å². The molecule has 1 aliphatic heterocycles. The summed E-state index contributed by atoms with van der Waals surface area (Å²) in [4.78, 5) is 3.87. The van der Waals surface area contributed by atoms with E-state index in [1.54, 1.807) is 0 Å². The van der Waals surface area contributed by atoms with Crippen molar-refractivity contribution in [3.05, 3.63) is 58.3 Å². The molecule has 1 aromatic carbocycles. The number of nitrogens with zero attached hydrogens (tertiary/aromatic N) is 1. The lowest BCUT2D eigenvalue weighted by Gasteiger charge is -2.33. The van der Waals surface area contributed by atoms with E-state index >= 15 is 0 Å². The lowest BCUT2D eigenvalue weighted by Crippen LogP contribution is -2.39. The van der Waals surface area contributed by atoms with Crippen LogP contribution >= 0.6 is 11.3 Å². The van der Waals surface area contributed by atoms with E-state index in [-0.39, 0.29) is 6.10 Å². The summed E-state index contributed by atoms with van der Waals surface area (Å²) >= 11 is 1.84. The van der Waals surface area contributed by atoms with E-state index in [9.17, 15) is 5.11 Å². The summed E-state index contributed by atoms with van der Waals surface area (Å²) in [5, 5.41) is 16.1. The SMILES string of the molecule is OC(CN1CCC(CNCCc2cccs2)CC1)c1ccccc1. The summed E-state index contributed by atoms with van der Waals surface area (Å²) in [6, 6.07) is 14.3. The van der Waals surface area contributed by atoms with E-state index in [1.165, 1.54) is 17.7 Å². The molecule has 3 nitrogen and oxygen atoms in total. The van der Waals surface area contributed by atoms with E-state index in [4.69, 9.17) is 0 Å². The summed E-state index contributed by atoms with van der Waals surface area (Å²) < 4.78 is 0. The van der Waals surface area contributed by atoms with Crippen LogP contribution in [0.5, 0.6) is 0 Å². The molecule has 1 saturated heterocycles. The molecule has 1 unspecified atom stereocenters. The molecule has 0 spiro atoms. The van der Waals surface area contributed by atoms with Crippen LogP contribution in [0.25, 0.3) is 0 Å². The highest BCUT2D eigenvalue weighted by Gasteiger charge is 2.21. The van der Waals surface area contributed by atoms with Crippen molar-refractivity contribution in [1.82, 2.24) is 10.2 Å². The first-order chi connectivity index (χ1) is 11.8. The molecule has 1 atom stereocenters. The highest BCUT2D eigenvalue weighted by molar-refractivity contribution is 7.09. The number of piperidine rings is 1. The Kier molecular flexibility index (Phi) is 6.85. The van der Waals surface area contributed by atoms with Gasteiger partial charge in [0, 0.05) is 11.4 Å². The highest BCUT2D eigenvalue weighted by atomic mass is 32.1. The van der Waals surface area contributed by atoms with Crippen molar-refractivity contribution in [3.8, 4) is 0 Å². The molecule has 4 heteroatoms. The van der Waals surface area contributed by atoms with Gasteiger partial charge in [-0.2, -0.15) is 0 Å². The lowest BCUT2D eigenvalue weighted by molar-refractivity contribution is 0.0892. The molecule has 3 rings (SSSR count). The van der Waals surface area contributed by atoms with E-state index in [0.29, 0.717) is 0 Å². The largest absolute Gasteiger partial charge is 0.387 e. The molecule has 0 radical (unpaired) electrons. The number of aliphatic hydroxyl groups excluding tert-OH is 1. The summed E-state index contributed by atoms with van der Waals surface area (Å²) in [7, 11) is 0. The molecule has 1 aromatic heterocycles. The highest BCUT2D eigenvalue weighted by Crippen LogP contribution is 2.20. The van der Waals surface area contributed by atoms with Crippen LogP contribution in [-0.4, -0.2) is 42.7 Å². The first-order valence-corrected chi connectivity index (χ1v) is 9.87. The van der Waals surface area contributed by atoms with Gasteiger partial charge >= 0.3 is 0 Å². The van der Waals surface area contributed by atoms with Crippen LogP contribution in [0, 0.1) is 5.92 Å². The van der Waals surface area contributed by atoms with Gasteiger partial charge in [-0.15, -0.1) is 11.3 Å². The van der Waals surface area contributed by atoms with Gasteiger partial charge in [0.25, 0.3) is 0 Å². The topological polar surface area (TPSA) is 35.5 Å². The second kappa shape index (κ2) is 9.33. The molecule has 24 heavy (non-hydrogen) atoms. The van der Waals surface area contributed by atoms with Crippen LogP contribution < -0.4 is 5.32 Å². The number of likely N-dealkylation sites (tertiary alicyclic amines) is 1. The summed E-state index contributed by atoms with van der Waals surface area (Å²) in [6.07, 6.45) is 3.23. The standard InChI is InChI=1S/C20H28N2OS/c23-20(18-5-2-1-3-6-18)16-22-12-9-17(10-13-22)15-21-11-8-19-7-4-14-24-19/h1-7,14,17,20-21,23H,8-13,15-16H2. The average molecular weight is 345 g/mol. The molecule has 2 aromatic rings. The third-order valence-corrected chi connectivity index (χ3v) is 5.82. The maximum atomic E-state index is 10.3. The third-order valence-electron chi connectivity index (χ3n) is 4.88. The molecule has 130 valence electrons. The van der Waals surface area contributed by atoms with Gasteiger partial charge in [0.15, 0.2) is 0 Å². The third kappa shape index (κ3) is 5.42. The number of benzene rings is 1. The molecule has 1 aliphatic rings. The van der Waals surface area contributed by atoms with E-state index in [0.717, 1.165) is 50.6 Å². The fraction of sp³-hybridized carbons (Fsp3) is 0.500. The molecule has 0 amide bonds. The van der Waals surface area contributed by atoms with Gasteiger partial charge in [0.1, 0.15) is 0 Å². The maximum absolute atomic E-state index is 10.3. The van der Waals surface area contributed by atoms with E-state index in [1.807, 2.05) is 41.7 Å². The van der Waals surface area contributed by atoms with Gasteiger partial charge in [-0.05, 0) is 68.4 Å². The fourth-order valence-corrected chi connectivity index (χ4v) is 4.08. The van der Waals surface area contributed by atoms with E-state index in [2.05, 4.69) is 27.7 Å². The minimum absolute atomic E-state index is 0.369. The Hall–Kier alpha value is -1.20. The molecule has 1 fully saturated rings. The summed E-state index contributed by atoms with van der Waals surface area (Å²) in [6.45, 7) is 5.15. The van der Waals surface area contributed by atoms with Gasteiger partial charge in [-0.25, -0.2) is 0 Å². The van der Waals surface area contributed by atoms with Crippen LogP contribution in [0.4, 0.5) is 0 Å². The van der Waals surface area contributed by atoms with Crippen LogP contribution in [0.2, 0.25) is 0 Å². The summed E-state index contributed by atoms with van der Waals surface area (Å²) in [5.74, 6) is 0.776. The van der Waals surface area contributed by atoms with Crippen molar-refractivity contribution in [3.63, 3.8) is 0 Å². The maximum Gasteiger partial charge on any atom is 0.0916 e. The van der Waals surface area contributed by atoms with Crippen molar-refractivity contribution in [2.75, 3.05) is 32.7 Å².